The number of thioether (sulfide) groups is 1. The topological polar surface area (TPSA) is 55.0 Å². The molecule has 1 spiro atoms. The van der Waals surface area contributed by atoms with Crippen LogP contribution in [0, 0.1) is 5.41 Å². The number of nitrogens with zero attached hydrogens (tertiary/aromatic N) is 3. The molecule has 1 aromatic heterocycles. The summed E-state index contributed by atoms with van der Waals surface area (Å²) in [6.45, 7) is 2.04. The number of benzene rings is 1. The molecule has 2 heterocycles. The summed E-state index contributed by atoms with van der Waals surface area (Å²) in [5.74, 6) is 1.01. The zero-order valence-corrected chi connectivity index (χ0v) is 15.2. The lowest BCUT2D eigenvalue weighted by Crippen LogP contribution is -2.44. The lowest BCUT2D eigenvalue weighted by molar-refractivity contribution is 0.187. The van der Waals surface area contributed by atoms with E-state index in [2.05, 4.69) is 39.1 Å². The first-order chi connectivity index (χ1) is 12.2. The molecule has 0 amide bonds. The van der Waals surface area contributed by atoms with E-state index in [1.165, 1.54) is 24.0 Å². The Bertz CT molecular complexity index is 764. The molecular weight excluding hydrogens is 328 g/mol. The van der Waals surface area contributed by atoms with E-state index in [0.717, 1.165) is 48.4 Å². The van der Waals surface area contributed by atoms with Gasteiger partial charge in [0.2, 0.25) is 0 Å². The van der Waals surface area contributed by atoms with Crippen LogP contribution < -0.4 is 10.6 Å². The first-order valence-electron chi connectivity index (χ1n) is 9.31. The number of aromatic nitrogens is 2. The van der Waals surface area contributed by atoms with Crippen LogP contribution in [0.1, 0.15) is 42.9 Å². The Morgan fingerprint density at radius 3 is 2.56 bits per heavy atom. The van der Waals surface area contributed by atoms with Gasteiger partial charge in [-0.2, -0.15) is 0 Å². The molecular formula is C20H24N4S. The van der Waals surface area contributed by atoms with Gasteiger partial charge >= 0.3 is 0 Å². The highest BCUT2D eigenvalue weighted by Gasteiger charge is 2.45. The van der Waals surface area contributed by atoms with Crippen LogP contribution in [-0.2, 0) is 6.42 Å². The normalized spacial score (nSPS) is 24.5. The second-order valence-corrected chi connectivity index (χ2v) is 9.05. The molecule has 1 aromatic carbocycles. The Kier molecular flexibility index (Phi) is 3.75. The van der Waals surface area contributed by atoms with E-state index >= 15 is 0 Å². The van der Waals surface area contributed by atoms with Gasteiger partial charge in [0.25, 0.3) is 0 Å². The van der Waals surface area contributed by atoms with Crippen molar-refractivity contribution in [2.24, 2.45) is 11.1 Å². The summed E-state index contributed by atoms with van der Waals surface area (Å²) >= 11 is 1.86. The minimum atomic E-state index is 0.175. The summed E-state index contributed by atoms with van der Waals surface area (Å²) in [6.07, 6.45) is 9.93. The Hall–Kier alpha value is -1.59. The number of anilines is 1. The fourth-order valence-corrected chi connectivity index (χ4v) is 5.32. The second kappa shape index (κ2) is 5.99. The fourth-order valence-electron chi connectivity index (χ4n) is 4.38. The van der Waals surface area contributed by atoms with Gasteiger partial charge < -0.3 is 10.6 Å². The molecule has 1 saturated carbocycles. The van der Waals surface area contributed by atoms with Crippen molar-refractivity contribution >= 4 is 17.6 Å². The van der Waals surface area contributed by atoms with Crippen LogP contribution in [0.5, 0.6) is 0 Å². The van der Waals surface area contributed by atoms with Gasteiger partial charge in [0.15, 0.2) is 0 Å². The Balaban J connectivity index is 1.27. The fraction of sp³-hybridized carbons (Fsp3) is 0.500. The minimum absolute atomic E-state index is 0.175. The summed E-state index contributed by atoms with van der Waals surface area (Å²) in [7, 11) is 0. The van der Waals surface area contributed by atoms with Crippen LogP contribution in [0.3, 0.4) is 0 Å². The molecule has 2 aromatic rings. The molecule has 2 N–H and O–H groups in total. The van der Waals surface area contributed by atoms with Crippen LogP contribution in [0.25, 0.3) is 0 Å². The smallest absolute Gasteiger partial charge is 0.147 e. The standard InChI is InChI=1S/C20H24N4S/c21-19-16-4-2-1-3-14(16)11-20(19)7-9-24(10-8-20)17-12-23-18(13-22-17)25-15-5-6-15/h1-4,12-13,15,19H,5-11,21H2/t19-/m1/s1. The lowest BCUT2D eigenvalue weighted by atomic mass is 9.73. The highest BCUT2D eigenvalue weighted by Crippen LogP contribution is 2.50. The summed E-state index contributed by atoms with van der Waals surface area (Å²) in [4.78, 5) is 11.6. The number of hydrogen-bond acceptors (Lipinski definition) is 5. The average Bonchev–Trinajstić information content (AvgIpc) is 3.42. The molecule has 4 nitrogen and oxygen atoms in total. The van der Waals surface area contributed by atoms with E-state index in [0.29, 0.717) is 0 Å². The Morgan fingerprint density at radius 1 is 1.08 bits per heavy atom. The van der Waals surface area contributed by atoms with E-state index < -0.39 is 0 Å². The maximum absolute atomic E-state index is 6.66. The molecule has 1 saturated heterocycles. The van der Waals surface area contributed by atoms with Crippen LogP contribution in [0.15, 0.2) is 41.7 Å². The Labute approximate surface area is 153 Å². The maximum Gasteiger partial charge on any atom is 0.147 e. The monoisotopic (exact) mass is 352 g/mol. The van der Waals surface area contributed by atoms with Crippen LogP contribution in [0.4, 0.5) is 5.82 Å². The summed E-state index contributed by atoms with van der Waals surface area (Å²) < 4.78 is 0. The average molecular weight is 353 g/mol. The largest absolute Gasteiger partial charge is 0.355 e. The predicted octanol–water partition coefficient (Wildman–Crippen LogP) is 3.57. The van der Waals surface area contributed by atoms with Crippen LogP contribution >= 0.6 is 11.8 Å². The van der Waals surface area contributed by atoms with Gasteiger partial charge in [-0.1, -0.05) is 24.3 Å². The number of hydrogen-bond donors (Lipinski definition) is 1. The summed E-state index contributed by atoms with van der Waals surface area (Å²) in [5.41, 5.74) is 9.70. The lowest BCUT2D eigenvalue weighted by Gasteiger charge is -2.42. The van der Waals surface area contributed by atoms with E-state index in [9.17, 15) is 0 Å². The number of fused-ring (bicyclic) bond motifs is 1. The summed E-state index contributed by atoms with van der Waals surface area (Å²) in [6, 6.07) is 8.88. The first kappa shape index (κ1) is 15.6. The van der Waals surface area contributed by atoms with Crippen molar-refractivity contribution in [2.75, 3.05) is 18.0 Å². The molecule has 1 atom stereocenters. The molecule has 25 heavy (non-hydrogen) atoms. The quantitative estimate of drug-likeness (QED) is 0.915. The molecule has 3 aliphatic rings. The van der Waals surface area contributed by atoms with Crippen molar-refractivity contribution in [3.05, 3.63) is 47.8 Å². The van der Waals surface area contributed by atoms with Gasteiger partial charge in [-0.05, 0) is 48.6 Å². The van der Waals surface area contributed by atoms with Crippen molar-refractivity contribution in [1.82, 2.24) is 9.97 Å². The van der Waals surface area contributed by atoms with Crippen LogP contribution in [-0.4, -0.2) is 28.3 Å². The second-order valence-electron chi connectivity index (χ2n) is 7.73. The molecule has 5 rings (SSSR count). The van der Waals surface area contributed by atoms with Gasteiger partial charge in [0, 0.05) is 24.4 Å². The van der Waals surface area contributed by atoms with E-state index in [1.807, 2.05) is 24.2 Å². The van der Waals surface area contributed by atoms with Crippen molar-refractivity contribution < 1.29 is 0 Å². The zero-order chi connectivity index (χ0) is 16.9. The number of rotatable bonds is 3. The molecule has 1 aliphatic heterocycles. The van der Waals surface area contributed by atoms with Gasteiger partial charge in [-0.3, -0.25) is 0 Å². The Morgan fingerprint density at radius 2 is 1.88 bits per heavy atom. The number of nitrogens with two attached hydrogens (primary N) is 1. The van der Waals surface area contributed by atoms with Gasteiger partial charge in [-0.25, -0.2) is 9.97 Å². The third-order valence-electron chi connectivity index (χ3n) is 6.10. The predicted molar refractivity (Wildman–Crippen MR) is 102 cm³/mol. The molecule has 0 unspecified atom stereocenters. The van der Waals surface area contributed by atoms with Crippen molar-refractivity contribution in [3.63, 3.8) is 0 Å². The van der Waals surface area contributed by atoms with Gasteiger partial charge in [0.1, 0.15) is 10.8 Å². The maximum atomic E-state index is 6.66. The number of piperidine rings is 1. The first-order valence-corrected chi connectivity index (χ1v) is 10.2. The minimum Gasteiger partial charge on any atom is -0.355 e. The van der Waals surface area contributed by atoms with E-state index in [1.54, 1.807) is 0 Å². The molecule has 0 radical (unpaired) electrons. The van der Waals surface area contributed by atoms with Gasteiger partial charge in [0.05, 0.1) is 12.4 Å². The van der Waals surface area contributed by atoms with Crippen molar-refractivity contribution in [3.8, 4) is 0 Å². The van der Waals surface area contributed by atoms with E-state index in [4.69, 9.17) is 5.73 Å². The van der Waals surface area contributed by atoms with Crippen LogP contribution in [0.2, 0.25) is 0 Å². The third-order valence-corrected chi connectivity index (χ3v) is 7.36. The summed E-state index contributed by atoms with van der Waals surface area (Å²) in [5, 5.41) is 1.84. The molecule has 5 heteroatoms. The zero-order valence-electron chi connectivity index (χ0n) is 14.4. The van der Waals surface area contributed by atoms with Crippen molar-refractivity contribution in [2.45, 2.75) is 48.4 Å². The molecule has 130 valence electrons. The molecule has 0 bridgehead atoms. The highest BCUT2D eigenvalue weighted by atomic mass is 32.2. The third kappa shape index (κ3) is 2.83. The van der Waals surface area contributed by atoms with E-state index in [-0.39, 0.29) is 11.5 Å². The molecule has 2 aliphatic carbocycles. The SMILES string of the molecule is N[C@@H]1c2ccccc2CC12CCN(c1cnc(SC3CC3)cn1)CC2. The van der Waals surface area contributed by atoms with Crippen molar-refractivity contribution in [1.29, 1.82) is 0 Å². The highest BCUT2D eigenvalue weighted by molar-refractivity contribution is 8.00. The molecule has 2 fully saturated rings. The van der Waals surface area contributed by atoms with Gasteiger partial charge in [-0.15, -0.1) is 11.8 Å².